The fraction of sp³-hybridized carbons (Fsp3) is 0.273. The van der Waals surface area contributed by atoms with E-state index in [9.17, 15) is 9.59 Å². The van der Waals surface area contributed by atoms with Crippen molar-refractivity contribution in [3.8, 4) is 22.4 Å². The number of anilines is 1. The molecule has 1 saturated carbocycles. The molecule has 7 nitrogen and oxygen atoms in total. The topological polar surface area (TPSA) is 69.6 Å². The van der Waals surface area contributed by atoms with Crippen molar-refractivity contribution in [2.24, 2.45) is 5.92 Å². The average molecular weight is 532 g/mol. The van der Waals surface area contributed by atoms with Gasteiger partial charge in [-0.25, -0.2) is 0 Å². The number of nitrogens with zero attached hydrogens (tertiary/aromatic N) is 5. The second-order valence-electron chi connectivity index (χ2n) is 10.6. The van der Waals surface area contributed by atoms with E-state index in [4.69, 9.17) is 0 Å². The summed E-state index contributed by atoms with van der Waals surface area (Å²) in [5.41, 5.74) is 4.84. The molecule has 1 aliphatic carbocycles. The van der Waals surface area contributed by atoms with Crippen molar-refractivity contribution in [1.29, 1.82) is 0 Å². The van der Waals surface area contributed by atoms with Crippen LogP contribution >= 0.6 is 0 Å². The molecule has 1 aromatic heterocycles. The van der Waals surface area contributed by atoms with E-state index in [-0.39, 0.29) is 18.4 Å². The van der Waals surface area contributed by atoms with Crippen molar-refractivity contribution in [2.45, 2.75) is 12.8 Å². The van der Waals surface area contributed by atoms with Gasteiger partial charge >= 0.3 is 0 Å². The smallest absolute Gasteiger partial charge is 0.254 e. The minimum absolute atomic E-state index is 0.00460. The number of benzene rings is 3. The number of carbonyl (C=O) groups excluding carboxylic acids is 2. The first kappa shape index (κ1) is 25.7. The molecule has 202 valence electrons. The summed E-state index contributed by atoms with van der Waals surface area (Å²) in [5, 5.41) is 8.98. The first-order chi connectivity index (χ1) is 19.6. The molecule has 0 spiro atoms. The van der Waals surface area contributed by atoms with Crippen LogP contribution in [0, 0.1) is 5.92 Å². The van der Waals surface area contributed by atoms with Crippen LogP contribution in [0.3, 0.4) is 0 Å². The zero-order valence-corrected chi connectivity index (χ0v) is 22.5. The van der Waals surface area contributed by atoms with E-state index in [0.717, 1.165) is 29.9 Å². The summed E-state index contributed by atoms with van der Waals surface area (Å²) in [6, 6.07) is 31.9. The summed E-state index contributed by atoms with van der Waals surface area (Å²) in [6.45, 7) is 3.33. The largest absolute Gasteiger partial charge is 0.352 e. The summed E-state index contributed by atoms with van der Waals surface area (Å²) >= 11 is 0. The highest BCUT2D eigenvalue weighted by Crippen LogP contribution is 2.30. The summed E-state index contributed by atoms with van der Waals surface area (Å²) < 4.78 is 0. The van der Waals surface area contributed by atoms with Crippen molar-refractivity contribution in [2.75, 3.05) is 44.2 Å². The first-order valence-electron chi connectivity index (χ1n) is 14.0. The molecule has 3 aromatic carbocycles. The minimum Gasteiger partial charge on any atom is -0.352 e. The van der Waals surface area contributed by atoms with E-state index in [1.807, 2.05) is 65.6 Å². The van der Waals surface area contributed by atoms with Crippen LogP contribution in [0.1, 0.15) is 23.2 Å². The maximum Gasteiger partial charge on any atom is 0.254 e. The predicted molar refractivity (Wildman–Crippen MR) is 157 cm³/mol. The summed E-state index contributed by atoms with van der Waals surface area (Å²) in [7, 11) is 0. The van der Waals surface area contributed by atoms with Crippen molar-refractivity contribution in [3.05, 3.63) is 103 Å². The van der Waals surface area contributed by atoms with Crippen LogP contribution in [-0.2, 0) is 4.79 Å². The van der Waals surface area contributed by atoms with Gasteiger partial charge in [-0.15, -0.1) is 10.2 Å². The Hall–Kier alpha value is -4.52. The monoisotopic (exact) mass is 531 g/mol. The molecule has 0 bridgehead atoms. The van der Waals surface area contributed by atoms with Gasteiger partial charge in [0.1, 0.15) is 6.54 Å². The molecular formula is C33H33N5O2. The Bertz CT molecular complexity index is 1430. The van der Waals surface area contributed by atoms with Gasteiger partial charge in [-0.2, -0.15) is 0 Å². The van der Waals surface area contributed by atoms with Gasteiger partial charge in [0.2, 0.25) is 5.91 Å². The maximum absolute atomic E-state index is 13.2. The quantitative estimate of drug-likeness (QED) is 0.320. The molecule has 2 heterocycles. The van der Waals surface area contributed by atoms with Gasteiger partial charge in [0.05, 0.1) is 5.69 Å². The van der Waals surface area contributed by atoms with Crippen LogP contribution in [0.4, 0.5) is 5.82 Å². The van der Waals surface area contributed by atoms with Crippen molar-refractivity contribution in [3.63, 3.8) is 0 Å². The standard InChI is InChI=1S/C33H33N5O2/c39-32(24-38(23-25-11-12-25)33(40)29-9-5-2-6-10-29)37-21-19-36(20-22-37)31-18-17-30(34-35-31)28-15-13-27(14-16-28)26-7-3-1-4-8-26/h1-10,13-18,25H,11-12,19-24H2. The minimum atomic E-state index is -0.0652. The number of amides is 2. The Morgan fingerprint density at radius 3 is 1.95 bits per heavy atom. The van der Waals surface area contributed by atoms with Gasteiger partial charge in [-0.05, 0) is 54.2 Å². The van der Waals surface area contributed by atoms with Gasteiger partial charge in [0.15, 0.2) is 5.82 Å². The highest BCUT2D eigenvalue weighted by Gasteiger charge is 2.30. The molecule has 1 saturated heterocycles. The highest BCUT2D eigenvalue weighted by molar-refractivity contribution is 5.96. The molecule has 2 fully saturated rings. The Balaban J connectivity index is 1.04. The lowest BCUT2D eigenvalue weighted by Gasteiger charge is -2.36. The number of carbonyl (C=O) groups is 2. The molecule has 4 aromatic rings. The van der Waals surface area contributed by atoms with Crippen LogP contribution in [-0.4, -0.2) is 71.1 Å². The second kappa shape index (κ2) is 11.7. The lowest BCUT2D eigenvalue weighted by atomic mass is 10.0. The third kappa shape index (κ3) is 6.04. The fourth-order valence-electron chi connectivity index (χ4n) is 5.15. The van der Waals surface area contributed by atoms with Gasteiger partial charge in [0, 0.05) is 43.9 Å². The molecule has 40 heavy (non-hydrogen) atoms. The normalized spacial score (nSPS) is 15.1. The van der Waals surface area contributed by atoms with Gasteiger partial charge in [-0.3, -0.25) is 9.59 Å². The first-order valence-corrected chi connectivity index (χ1v) is 14.0. The average Bonchev–Trinajstić information content (AvgIpc) is 3.86. The van der Waals surface area contributed by atoms with Crippen LogP contribution < -0.4 is 4.90 Å². The maximum atomic E-state index is 13.2. The predicted octanol–water partition coefficient (Wildman–Crippen LogP) is 5.01. The Morgan fingerprint density at radius 2 is 1.32 bits per heavy atom. The third-order valence-electron chi connectivity index (χ3n) is 7.70. The third-order valence-corrected chi connectivity index (χ3v) is 7.70. The molecule has 0 N–H and O–H groups in total. The molecular weight excluding hydrogens is 498 g/mol. The van der Waals surface area contributed by atoms with Gasteiger partial charge < -0.3 is 14.7 Å². The molecule has 0 unspecified atom stereocenters. The van der Waals surface area contributed by atoms with Crippen molar-refractivity contribution in [1.82, 2.24) is 20.0 Å². The zero-order chi connectivity index (χ0) is 27.3. The Morgan fingerprint density at radius 1 is 0.700 bits per heavy atom. The van der Waals surface area contributed by atoms with Crippen molar-refractivity contribution < 1.29 is 9.59 Å². The number of rotatable bonds is 8. The lowest BCUT2D eigenvalue weighted by Crippen LogP contribution is -2.52. The van der Waals surface area contributed by atoms with Crippen LogP contribution in [0.15, 0.2) is 97.1 Å². The van der Waals surface area contributed by atoms with E-state index in [1.165, 1.54) is 11.1 Å². The Labute approximate surface area is 235 Å². The van der Waals surface area contributed by atoms with Gasteiger partial charge in [0.25, 0.3) is 5.91 Å². The fourth-order valence-corrected chi connectivity index (χ4v) is 5.15. The van der Waals surface area contributed by atoms with Crippen LogP contribution in [0.2, 0.25) is 0 Å². The molecule has 2 amide bonds. The molecule has 2 aliphatic rings. The van der Waals surface area contributed by atoms with E-state index < -0.39 is 0 Å². The zero-order valence-electron chi connectivity index (χ0n) is 22.5. The van der Waals surface area contributed by atoms with Crippen molar-refractivity contribution >= 4 is 17.6 Å². The Kier molecular flexibility index (Phi) is 7.53. The molecule has 1 aliphatic heterocycles. The highest BCUT2D eigenvalue weighted by atomic mass is 16.2. The number of hydrogen-bond acceptors (Lipinski definition) is 5. The summed E-state index contributed by atoms with van der Waals surface area (Å²) in [4.78, 5) is 32.1. The molecule has 7 heteroatoms. The van der Waals surface area contributed by atoms with E-state index in [2.05, 4.69) is 51.5 Å². The number of aromatic nitrogens is 2. The number of hydrogen-bond donors (Lipinski definition) is 0. The van der Waals surface area contributed by atoms with Crippen LogP contribution in [0.5, 0.6) is 0 Å². The van der Waals surface area contributed by atoms with Gasteiger partial charge in [-0.1, -0.05) is 72.8 Å². The summed E-state index contributed by atoms with van der Waals surface area (Å²) in [5.74, 6) is 1.27. The van der Waals surface area contributed by atoms with E-state index in [1.54, 1.807) is 4.90 Å². The lowest BCUT2D eigenvalue weighted by molar-refractivity contribution is -0.132. The van der Waals surface area contributed by atoms with Crippen LogP contribution in [0.25, 0.3) is 22.4 Å². The second-order valence-corrected chi connectivity index (χ2v) is 10.6. The molecule has 0 radical (unpaired) electrons. The van der Waals surface area contributed by atoms with E-state index in [0.29, 0.717) is 44.2 Å². The molecule has 0 atom stereocenters. The summed E-state index contributed by atoms with van der Waals surface area (Å²) in [6.07, 6.45) is 2.26. The molecule has 6 rings (SSSR count). The SMILES string of the molecule is O=C(CN(CC1CC1)C(=O)c1ccccc1)N1CCN(c2ccc(-c3ccc(-c4ccccc4)cc3)nn2)CC1. The number of piperazine rings is 1. The van der Waals surface area contributed by atoms with E-state index >= 15 is 0 Å².